The molecule has 1 aromatic carbocycles. The summed E-state index contributed by atoms with van der Waals surface area (Å²) in [6.07, 6.45) is 0. The normalized spacial score (nSPS) is 13.2. The minimum atomic E-state index is 0.309. The van der Waals surface area contributed by atoms with Gasteiger partial charge in [0.05, 0.1) is 12.2 Å². The first-order valence-electron chi connectivity index (χ1n) is 6.62. The molecular weight excluding hydrogens is 256 g/mol. The van der Waals surface area contributed by atoms with E-state index in [9.17, 15) is 0 Å². The van der Waals surface area contributed by atoms with Crippen molar-refractivity contribution in [2.24, 2.45) is 0 Å². The SMILES string of the molecule is Cc1nc(CN(C)Cc2ccc3c(c2)OCO3)oc1C. The first-order chi connectivity index (χ1) is 9.61. The molecule has 0 radical (unpaired) electrons. The monoisotopic (exact) mass is 274 g/mol. The van der Waals surface area contributed by atoms with Crippen LogP contribution < -0.4 is 9.47 Å². The van der Waals surface area contributed by atoms with Crippen molar-refractivity contribution in [3.8, 4) is 11.5 Å². The lowest BCUT2D eigenvalue weighted by atomic mass is 10.2. The average Bonchev–Trinajstić information content (AvgIpc) is 2.96. The van der Waals surface area contributed by atoms with Crippen molar-refractivity contribution in [2.45, 2.75) is 26.9 Å². The van der Waals surface area contributed by atoms with Gasteiger partial charge in [-0.25, -0.2) is 4.98 Å². The summed E-state index contributed by atoms with van der Waals surface area (Å²) in [7, 11) is 2.04. The Morgan fingerprint density at radius 3 is 2.70 bits per heavy atom. The third kappa shape index (κ3) is 2.63. The summed E-state index contributed by atoms with van der Waals surface area (Å²) in [6.45, 7) is 5.69. The van der Waals surface area contributed by atoms with Crippen molar-refractivity contribution in [1.82, 2.24) is 9.88 Å². The number of hydrogen-bond donors (Lipinski definition) is 0. The number of ether oxygens (including phenoxy) is 2. The molecule has 0 amide bonds. The van der Waals surface area contributed by atoms with Crippen molar-refractivity contribution in [2.75, 3.05) is 13.8 Å². The molecule has 0 saturated heterocycles. The molecule has 0 N–H and O–H groups in total. The number of nitrogens with zero attached hydrogens (tertiary/aromatic N) is 2. The van der Waals surface area contributed by atoms with Gasteiger partial charge in [0.25, 0.3) is 0 Å². The highest BCUT2D eigenvalue weighted by Crippen LogP contribution is 2.32. The Balaban J connectivity index is 1.65. The fourth-order valence-corrected chi connectivity index (χ4v) is 2.24. The molecule has 20 heavy (non-hydrogen) atoms. The molecule has 0 atom stereocenters. The molecule has 0 saturated carbocycles. The van der Waals surface area contributed by atoms with Gasteiger partial charge >= 0.3 is 0 Å². The van der Waals surface area contributed by atoms with Gasteiger partial charge in [0.1, 0.15) is 5.76 Å². The molecular formula is C15H18N2O3. The van der Waals surface area contributed by atoms with Gasteiger partial charge in [-0.3, -0.25) is 4.90 Å². The summed E-state index contributed by atoms with van der Waals surface area (Å²) in [4.78, 5) is 6.55. The van der Waals surface area contributed by atoms with Crippen molar-refractivity contribution < 1.29 is 13.9 Å². The highest BCUT2D eigenvalue weighted by molar-refractivity contribution is 5.44. The smallest absolute Gasteiger partial charge is 0.231 e. The first kappa shape index (κ1) is 13.0. The molecule has 0 fully saturated rings. The number of fused-ring (bicyclic) bond motifs is 1. The number of aromatic nitrogens is 1. The van der Waals surface area contributed by atoms with Crippen LogP contribution in [0.5, 0.6) is 11.5 Å². The summed E-state index contributed by atoms with van der Waals surface area (Å²) in [5.41, 5.74) is 2.13. The summed E-state index contributed by atoms with van der Waals surface area (Å²) in [5, 5.41) is 0. The lowest BCUT2D eigenvalue weighted by molar-refractivity contribution is 0.174. The highest BCUT2D eigenvalue weighted by Gasteiger charge is 2.14. The van der Waals surface area contributed by atoms with E-state index in [2.05, 4.69) is 16.0 Å². The zero-order chi connectivity index (χ0) is 14.1. The third-order valence-electron chi connectivity index (χ3n) is 3.37. The number of aryl methyl sites for hydroxylation is 2. The molecule has 2 aromatic rings. The van der Waals surface area contributed by atoms with Crippen LogP contribution >= 0.6 is 0 Å². The number of hydrogen-bond acceptors (Lipinski definition) is 5. The van der Waals surface area contributed by atoms with E-state index in [1.165, 1.54) is 5.56 Å². The second-order valence-electron chi connectivity index (χ2n) is 5.11. The minimum absolute atomic E-state index is 0.309. The quantitative estimate of drug-likeness (QED) is 0.857. The molecule has 5 heteroatoms. The van der Waals surface area contributed by atoms with Crippen molar-refractivity contribution >= 4 is 0 Å². The third-order valence-corrected chi connectivity index (χ3v) is 3.37. The lowest BCUT2D eigenvalue weighted by Crippen LogP contribution is -2.17. The van der Waals surface area contributed by atoms with Crippen LogP contribution in [-0.4, -0.2) is 23.7 Å². The van der Waals surface area contributed by atoms with Gasteiger partial charge in [0.15, 0.2) is 11.5 Å². The number of oxazole rings is 1. The van der Waals surface area contributed by atoms with Crippen LogP contribution in [0.2, 0.25) is 0 Å². The Labute approximate surface area is 118 Å². The van der Waals surface area contributed by atoms with Gasteiger partial charge < -0.3 is 13.9 Å². The van der Waals surface area contributed by atoms with Gasteiger partial charge in [-0.15, -0.1) is 0 Å². The summed E-state index contributed by atoms with van der Waals surface area (Å²) in [5.74, 6) is 3.27. The van der Waals surface area contributed by atoms with Gasteiger partial charge in [-0.05, 0) is 38.6 Å². The second kappa shape index (κ2) is 5.17. The molecule has 5 nitrogen and oxygen atoms in total. The largest absolute Gasteiger partial charge is 0.454 e. The summed E-state index contributed by atoms with van der Waals surface area (Å²) in [6, 6.07) is 6.02. The van der Waals surface area contributed by atoms with E-state index in [-0.39, 0.29) is 0 Å². The van der Waals surface area contributed by atoms with Crippen LogP contribution in [-0.2, 0) is 13.1 Å². The number of benzene rings is 1. The van der Waals surface area contributed by atoms with E-state index in [0.717, 1.165) is 35.4 Å². The maximum Gasteiger partial charge on any atom is 0.231 e. The topological polar surface area (TPSA) is 47.7 Å². The molecule has 0 aliphatic carbocycles. The van der Waals surface area contributed by atoms with E-state index in [1.807, 2.05) is 33.0 Å². The van der Waals surface area contributed by atoms with Crippen LogP contribution in [0.25, 0.3) is 0 Å². The van der Waals surface area contributed by atoms with E-state index < -0.39 is 0 Å². The van der Waals surface area contributed by atoms with Crippen LogP contribution in [0.15, 0.2) is 22.6 Å². The molecule has 1 aliphatic heterocycles. The molecule has 3 rings (SSSR count). The standard InChI is InChI=1S/C15H18N2O3/c1-10-11(2)20-15(16-10)8-17(3)7-12-4-5-13-14(6-12)19-9-18-13/h4-6H,7-9H2,1-3H3. The van der Waals surface area contributed by atoms with Gasteiger partial charge in [-0.2, -0.15) is 0 Å². The Bertz CT molecular complexity index is 602. The Morgan fingerprint density at radius 2 is 1.95 bits per heavy atom. The Morgan fingerprint density at radius 1 is 1.15 bits per heavy atom. The summed E-state index contributed by atoms with van der Waals surface area (Å²) < 4.78 is 16.3. The molecule has 0 bridgehead atoms. The van der Waals surface area contributed by atoms with Crippen LogP contribution in [0.1, 0.15) is 22.9 Å². The molecule has 106 valence electrons. The molecule has 1 aliphatic rings. The van der Waals surface area contributed by atoms with Crippen molar-refractivity contribution in [3.05, 3.63) is 41.1 Å². The molecule has 0 spiro atoms. The van der Waals surface area contributed by atoms with Crippen LogP contribution in [0, 0.1) is 13.8 Å². The van der Waals surface area contributed by atoms with E-state index in [0.29, 0.717) is 13.3 Å². The highest BCUT2D eigenvalue weighted by atomic mass is 16.7. The molecule has 0 unspecified atom stereocenters. The van der Waals surface area contributed by atoms with Crippen molar-refractivity contribution in [1.29, 1.82) is 0 Å². The predicted octanol–water partition coefficient (Wildman–Crippen LogP) is 2.65. The van der Waals surface area contributed by atoms with E-state index in [4.69, 9.17) is 13.9 Å². The molecule has 2 heterocycles. The van der Waals surface area contributed by atoms with Crippen LogP contribution in [0.3, 0.4) is 0 Å². The lowest BCUT2D eigenvalue weighted by Gasteiger charge is -2.14. The van der Waals surface area contributed by atoms with Crippen LogP contribution in [0.4, 0.5) is 0 Å². The zero-order valence-corrected chi connectivity index (χ0v) is 12.0. The average molecular weight is 274 g/mol. The Hall–Kier alpha value is -2.01. The number of rotatable bonds is 4. The second-order valence-corrected chi connectivity index (χ2v) is 5.11. The van der Waals surface area contributed by atoms with E-state index >= 15 is 0 Å². The maximum atomic E-state index is 5.60. The van der Waals surface area contributed by atoms with Gasteiger partial charge in [0, 0.05) is 6.54 Å². The van der Waals surface area contributed by atoms with Crippen molar-refractivity contribution in [3.63, 3.8) is 0 Å². The Kier molecular flexibility index (Phi) is 3.36. The van der Waals surface area contributed by atoms with Gasteiger partial charge in [-0.1, -0.05) is 6.07 Å². The molecule has 1 aromatic heterocycles. The predicted molar refractivity (Wildman–Crippen MR) is 73.7 cm³/mol. The maximum absolute atomic E-state index is 5.60. The minimum Gasteiger partial charge on any atom is -0.454 e. The van der Waals surface area contributed by atoms with E-state index in [1.54, 1.807) is 0 Å². The fourth-order valence-electron chi connectivity index (χ4n) is 2.24. The zero-order valence-electron chi connectivity index (χ0n) is 12.0. The summed E-state index contributed by atoms with van der Waals surface area (Å²) >= 11 is 0. The first-order valence-corrected chi connectivity index (χ1v) is 6.62. The fraction of sp³-hybridized carbons (Fsp3) is 0.400. The van der Waals surface area contributed by atoms with Gasteiger partial charge in [0.2, 0.25) is 12.7 Å².